The van der Waals surface area contributed by atoms with Crippen molar-refractivity contribution in [1.82, 2.24) is 4.98 Å². The first-order valence-corrected chi connectivity index (χ1v) is 8.77. The molecule has 2 N–H and O–H groups in total. The zero-order valence-electron chi connectivity index (χ0n) is 13.0. The number of anilines is 1. The van der Waals surface area contributed by atoms with Crippen molar-refractivity contribution in [2.75, 3.05) is 4.72 Å². The molecule has 24 heavy (non-hydrogen) atoms. The molecule has 0 spiro atoms. The van der Waals surface area contributed by atoms with Crippen LogP contribution in [0.5, 0.6) is 5.75 Å². The Morgan fingerprint density at radius 2 is 1.75 bits per heavy atom. The summed E-state index contributed by atoms with van der Waals surface area (Å²) in [6, 6.07) is 15.0. The Balaban J connectivity index is 1.89. The second-order valence-corrected chi connectivity index (χ2v) is 7.07. The Morgan fingerprint density at radius 1 is 1.00 bits per heavy atom. The first-order valence-electron chi connectivity index (χ1n) is 7.29. The van der Waals surface area contributed by atoms with Gasteiger partial charge in [0.25, 0.3) is 10.0 Å². The van der Waals surface area contributed by atoms with Crippen molar-refractivity contribution < 1.29 is 13.5 Å². The quantitative estimate of drug-likeness (QED) is 0.712. The number of nitrogens with zero attached hydrogens (tertiary/aromatic N) is 1. The van der Waals surface area contributed by atoms with Gasteiger partial charge >= 0.3 is 0 Å². The minimum Gasteiger partial charge on any atom is -0.506 e. The lowest BCUT2D eigenvalue weighted by molar-refractivity contribution is 0.477. The van der Waals surface area contributed by atoms with Crippen LogP contribution < -0.4 is 4.72 Å². The van der Waals surface area contributed by atoms with Gasteiger partial charge in [-0.3, -0.25) is 9.71 Å². The van der Waals surface area contributed by atoms with Gasteiger partial charge in [-0.1, -0.05) is 24.3 Å². The molecule has 0 atom stereocenters. The van der Waals surface area contributed by atoms with E-state index in [0.717, 1.165) is 16.7 Å². The van der Waals surface area contributed by atoms with E-state index in [1.54, 1.807) is 36.7 Å². The minimum absolute atomic E-state index is 0.115. The van der Waals surface area contributed by atoms with E-state index >= 15 is 0 Å². The van der Waals surface area contributed by atoms with Gasteiger partial charge < -0.3 is 5.11 Å². The Morgan fingerprint density at radius 3 is 2.42 bits per heavy atom. The molecule has 1 aromatic heterocycles. The second kappa shape index (κ2) is 6.33. The van der Waals surface area contributed by atoms with Gasteiger partial charge in [-0.2, -0.15) is 0 Å². The van der Waals surface area contributed by atoms with Crippen LogP contribution in [0, 0.1) is 6.92 Å². The number of benzene rings is 2. The van der Waals surface area contributed by atoms with Crippen LogP contribution in [0.3, 0.4) is 0 Å². The summed E-state index contributed by atoms with van der Waals surface area (Å²) in [5.41, 5.74) is 2.79. The van der Waals surface area contributed by atoms with Gasteiger partial charge in [0.15, 0.2) is 0 Å². The van der Waals surface area contributed by atoms with Gasteiger partial charge in [0.2, 0.25) is 0 Å². The molecule has 122 valence electrons. The van der Waals surface area contributed by atoms with E-state index in [1.807, 2.05) is 19.1 Å². The average molecular weight is 340 g/mol. The van der Waals surface area contributed by atoms with Crippen LogP contribution >= 0.6 is 0 Å². The highest BCUT2D eigenvalue weighted by atomic mass is 32.2. The molecule has 3 rings (SSSR count). The number of aromatic nitrogens is 1. The van der Waals surface area contributed by atoms with Gasteiger partial charge in [-0.25, -0.2) is 8.42 Å². The van der Waals surface area contributed by atoms with Crippen LogP contribution in [0.2, 0.25) is 0 Å². The summed E-state index contributed by atoms with van der Waals surface area (Å²) in [6.45, 7) is 1.82. The standard InChI is InChI=1S/C18H16N2O3S/c1-13-4-9-18(21)17(11-13)20-24(22,23)16-7-5-14(6-8-16)15-3-2-10-19-12-15/h2-12,20-21H,1H3. The largest absolute Gasteiger partial charge is 0.506 e. The highest BCUT2D eigenvalue weighted by Gasteiger charge is 2.16. The van der Waals surface area contributed by atoms with Crippen LogP contribution in [0.1, 0.15) is 5.56 Å². The molecule has 6 heteroatoms. The number of hydrogen-bond donors (Lipinski definition) is 2. The number of hydrogen-bond acceptors (Lipinski definition) is 4. The molecule has 1 heterocycles. The molecule has 2 aromatic carbocycles. The van der Waals surface area contributed by atoms with Gasteiger partial charge in [0, 0.05) is 12.4 Å². The zero-order chi connectivity index (χ0) is 17.2. The van der Waals surface area contributed by atoms with Crippen molar-refractivity contribution in [3.05, 3.63) is 72.6 Å². The van der Waals surface area contributed by atoms with Crippen molar-refractivity contribution in [1.29, 1.82) is 0 Å². The molecule has 0 unspecified atom stereocenters. The number of phenols is 1. The summed E-state index contributed by atoms with van der Waals surface area (Å²) in [7, 11) is -3.78. The van der Waals surface area contributed by atoms with E-state index in [1.165, 1.54) is 18.2 Å². The highest BCUT2D eigenvalue weighted by molar-refractivity contribution is 7.92. The number of aromatic hydroxyl groups is 1. The van der Waals surface area contributed by atoms with E-state index in [9.17, 15) is 13.5 Å². The molecule has 3 aromatic rings. The summed E-state index contributed by atoms with van der Waals surface area (Å²) in [6.07, 6.45) is 3.40. The summed E-state index contributed by atoms with van der Waals surface area (Å²) in [4.78, 5) is 4.17. The van der Waals surface area contributed by atoms with Crippen LogP contribution in [-0.2, 0) is 10.0 Å². The lowest BCUT2D eigenvalue weighted by Gasteiger charge is -2.11. The fourth-order valence-electron chi connectivity index (χ4n) is 2.30. The predicted octanol–water partition coefficient (Wildman–Crippen LogP) is 3.56. The molecular formula is C18H16N2O3S. The normalized spacial score (nSPS) is 11.2. The Kier molecular flexibility index (Phi) is 4.22. The SMILES string of the molecule is Cc1ccc(O)c(NS(=O)(=O)c2ccc(-c3cccnc3)cc2)c1. The first-order chi connectivity index (χ1) is 11.5. The molecule has 0 aliphatic rings. The van der Waals surface area contributed by atoms with Crippen LogP contribution in [-0.4, -0.2) is 18.5 Å². The molecule has 0 fully saturated rings. The number of phenolic OH excluding ortho intramolecular Hbond substituents is 1. The molecule has 0 saturated heterocycles. The minimum atomic E-state index is -3.78. The molecule has 0 radical (unpaired) electrons. The molecule has 0 aliphatic carbocycles. The first kappa shape index (κ1) is 16.0. The zero-order valence-corrected chi connectivity index (χ0v) is 13.8. The maximum Gasteiger partial charge on any atom is 0.262 e. The van der Waals surface area contributed by atoms with E-state index in [4.69, 9.17) is 0 Å². The van der Waals surface area contributed by atoms with Crippen LogP contribution in [0.25, 0.3) is 11.1 Å². The maximum atomic E-state index is 12.5. The van der Waals surface area contributed by atoms with E-state index in [0.29, 0.717) is 0 Å². The van der Waals surface area contributed by atoms with Crippen molar-refractivity contribution in [2.45, 2.75) is 11.8 Å². The molecule has 0 aliphatic heterocycles. The Labute approximate surface area is 140 Å². The number of rotatable bonds is 4. The van der Waals surface area contributed by atoms with Gasteiger partial charge in [0.1, 0.15) is 5.75 Å². The third-order valence-corrected chi connectivity index (χ3v) is 4.94. The number of pyridine rings is 1. The fraction of sp³-hybridized carbons (Fsp3) is 0.0556. The second-order valence-electron chi connectivity index (χ2n) is 5.39. The molecule has 0 amide bonds. The summed E-state index contributed by atoms with van der Waals surface area (Å²) >= 11 is 0. The summed E-state index contributed by atoms with van der Waals surface area (Å²) in [5, 5.41) is 9.80. The van der Waals surface area contributed by atoms with Gasteiger partial charge in [-0.15, -0.1) is 0 Å². The lowest BCUT2D eigenvalue weighted by atomic mass is 10.1. The van der Waals surface area contributed by atoms with Crippen molar-refractivity contribution >= 4 is 15.7 Å². The third kappa shape index (κ3) is 3.38. The van der Waals surface area contributed by atoms with Crippen molar-refractivity contribution in [3.63, 3.8) is 0 Å². The topological polar surface area (TPSA) is 79.3 Å². The van der Waals surface area contributed by atoms with E-state index < -0.39 is 10.0 Å². The fourth-order valence-corrected chi connectivity index (χ4v) is 3.36. The monoisotopic (exact) mass is 340 g/mol. The maximum absolute atomic E-state index is 12.5. The smallest absolute Gasteiger partial charge is 0.262 e. The van der Waals surface area contributed by atoms with Crippen LogP contribution in [0.4, 0.5) is 5.69 Å². The molecule has 0 bridgehead atoms. The number of aryl methyl sites for hydroxylation is 1. The average Bonchev–Trinajstić information content (AvgIpc) is 2.59. The van der Waals surface area contributed by atoms with Gasteiger partial charge in [-0.05, 0) is 53.9 Å². The van der Waals surface area contributed by atoms with E-state index in [-0.39, 0.29) is 16.3 Å². The Bertz CT molecular complexity index is 953. The summed E-state index contributed by atoms with van der Waals surface area (Å²) < 4.78 is 27.4. The van der Waals surface area contributed by atoms with Gasteiger partial charge in [0.05, 0.1) is 10.6 Å². The third-order valence-electron chi connectivity index (χ3n) is 3.56. The lowest BCUT2D eigenvalue weighted by Crippen LogP contribution is -2.13. The highest BCUT2D eigenvalue weighted by Crippen LogP contribution is 2.27. The number of nitrogens with one attached hydrogen (secondary N) is 1. The summed E-state index contributed by atoms with van der Waals surface area (Å²) in [5.74, 6) is -0.115. The Hall–Kier alpha value is -2.86. The molecular weight excluding hydrogens is 324 g/mol. The van der Waals surface area contributed by atoms with Crippen molar-refractivity contribution in [2.24, 2.45) is 0 Å². The van der Waals surface area contributed by atoms with E-state index in [2.05, 4.69) is 9.71 Å². The molecule has 0 saturated carbocycles. The predicted molar refractivity (Wildman–Crippen MR) is 93.3 cm³/mol. The number of sulfonamides is 1. The van der Waals surface area contributed by atoms with Crippen molar-refractivity contribution in [3.8, 4) is 16.9 Å². The van der Waals surface area contributed by atoms with Crippen LogP contribution in [0.15, 0.2) is 71.9 Å². The molecule has 5 nitrogen and oxygen atoms in total.